The zero-order valence-corrected chi connectivity index (χ0v) is 19.6. The lowest BCUT2D eigenvalue weighted by Gasteiger charge is -2.08. The quantitative estimate of drug-likeness (QED) is 0.213. The molecule has 0 heterocycles. The first-order valence-electron chi connectivity index (χ1n) is 10.2. The maximum Gasteiger partial charge on any atom is 0.335 e. The van der Waals surface area contributed by atoms with Crippen LogP contribution in [-0.4, -0.2) is 22.2 Å². The van der Waals surface area contributed by atoms with Crippen LogP contribution < -0.4 is 9.47 Å². The van der Waals surface area contributed by atoms with E-state index in [0.29, 0.717) is 23.0 Å². The van der Waals surface area contributed by atoms with E-state index in [1.165, 1.54) is 48.4 Å². The summed E-state index contributed by atoms with van der Waals surface area (Å²) in [5.74, 6) is 0.0235. The standard InChI is InChI=1S/C26H18O7S2/c27-25(28)17-3-1-5-21(15-17)31-19-7-11-23(12-8-19)34-33-35-24-13-9-20(10-14-24)32-22-6-2-4-18(16-22)26(29)30/h1-16H,(H,27,28)(H,29,30). The van der Waals surface area contributed by atoms with E-state index in [-0.39, 0.29) is 11.1 Å². The van der Waals surface area contributed by atoms with E-state index in [1.807, 2.05) is 24.3 Å². The Bertz CT molecular complexity index is 1220. The van der Waals surface area contributed by atoms with Gasteiger partial charge in [-0.1, -0.05) is 12.1 Å². The third-order valence-corrected chi connectivity index (χ3v) is 6.01. The van der Waals surface area contributed by atoms with Gasteiger partial charge in [0.15, 0.2) is 0 Å². The Morgan fingerprint density at radius 1 is 0.543 bits per heavy atom. The summed E-state index contributed by atoms with van der Waals surface area (Å²) in [6.07, 6.45) is 0. The Hall–Kier alpha value is -3.92. The molecule has 0 amide bonds. The summed E-state index contributed by atoms with van der Waals surface area (Å²) in [5, 5.41) is 18.2. The number of carbonyl (C=O) groups is 2. The highest BCUT2D eigenvalue weighted by molar-refractivity contribution is 8.07. The SMILES string of the molecule is O=C(O)c1cccc(Oc2ccc(SOSc3ccc(Oc4cccc(C(=O)O)c4)cc3)cc2)c1. The molecule has 35 heavy (non-hydrogen) atoms. The minimum Gasteiger partial charge on any atom is -0.478 e. The fourth-order valence-corrected chi connectivity index (χ4v) is 4.14. The van der Waals surface area contributed by atoms with E-state index >= 15 is 0 Å². The molecular weight excluding hydrogens is 488 g/mol. The molecule has 4 aromatic rings. The van der Waals surface area contributed by atoms with Crippen molar-refractivity contribution in [1.82, 2.24) is 0 Å². The van der Waals surface area contributed by atoms with Gasteiger partial charge in [0.25, 0.3) is 0 Å². The van der Waals surface area contributed by atoms with Crippen molar-refractivity contribution in [2.24, 2.45) is 0 Å². The maximum atomic E-state index is 11.1. The van der Waals surface area contributed by atoms with Gasteiger partial charge < -0.3 is 19.7 Å². The molecule has 0 aliphatic carbocycles. The van der Waals surface area contributed by atoms with Crippen molar-refractivity contribution in [3.8, 4) is 23.0 Å². The van der Waals surface area contributed by atoms with Crippen molar-refractivity contribution < 1.29 is 32.9 Å². The lowest BCUT2D eigenvalue weighted by atomic mass is 10.2. The second-order valence-electron chi connectivity index (χ2n) is 7.05. The van der Waals surface area contributed by atoms with Crippen molar-refractivity contribution in [2.45, 2.75) is 9.79 Å². The predicted molar refractivity (Wildman–Crippen MR) is 133 cm³/mol. The molecule has 2 N–H and O–H groups in total. The van der Waals surface area contributed by atoms with Gasteiger partial charge in [0.2, 0.25) is 0 Å². The fraction of sp³-hybridized carbons (Fsp3) is 0. The van der Waals surface area contributed by atoms with Crippen LogP contribution in [0.4, 0.5) is 0 Å². The molecule has 0 aliphatic heterocycles. The van der Waals surface area contributed by atoms with E-state index in [4.69, 9.17) is 23.3 Å². The molecule has 0 radical (unpaired) electrons. The fourth-order valence-electron chi connectivity index (χ4n) is 2.88. The first-order valence-corrected chi connectivity index (χ1v) is 11.7. The molecule has 0 saturated heterocycles. The van der Waals surface area contributed by atoms with Crippen LogP contribution >= 0.6 is 24.1 Å². The van der Waals surface area contributed by atoms with Crippen LogP contribution in [0, 0.1) is 0 Å². The average molecular weight is 507 g/mol. The molecule has 0 unspecified atom stereocenters. The summed E-state index contributed by atoms with van der Waals surface area (Å²) in [6, 6.07) is 27.0. The number of benzene rings is 4. The molecule has 7 nitrogen and oxygen atoms in total. The molecule has 0 spiro atoms. The summed E-state index contributed by atoms with van der Waals surface area (Å²) in [7, 11) is 0. The normalized spacial score (nSPS) is 10.5. The summed E-state index contributed by atoms with van der Waals surface area (Å²) >= 11 is 2.38. The van der Waals surface area contributed by atoms with Crippen molar-refractivity contribution in [3.63, 3.8) is 0 Å². The van der Waals surface area contributed by atoms with E-state index in [2.05, 4.69) is 0 Å². The van der Waals surface area contributed by atoms with Crippen LogP contribution in [0.2, 0.25) is 0 Å². The average Bonchev–Trinajstić information content (AvgIpc) is 2.86. The van der Waals surface area contributed by atoms with Gasteiger partial charge in [0.05, 0.1) is 11.1 Å². The predicted octanol–water partition coefficient (Wildman–Crippen LogP) is 7.40. The first kappa shape index (κ1) is 24.2. The van der Waals surface area contributed by atoms with Gasteiger partial charge in [-0.3, -0.25) is 0 Å². The molecule has 0 fully saturated rings. The van der Waals surface area contributed by atoms with E-state index < -0.39 is 11.9 Å². The number of aromatic carboxylic acids is 2. The first-order chi connectivity index (χ1) is 17.0. The Morgan fingerprint density at radius 2 is 0.943 bits per heavy atom. The highest BCUT2D eigenvalue weighted by Crippen LogP contribution is 2.33. The van der Waals surface area contributed by atoms with Crippen LogP contribution in [0.3, 0.4) is 0 Å². The van der Waals surface area contributed by atoms with E-state index in [0.717, 1.165) is 9.79 Å². The second kappa shape index (κ2) is 11.5. The highest BCUT2D eigenvalue weighted by atomic mass is 32.2. The Kier molecular flexibility index (Phi) is 7.94. The van der Waals surface area contributed by atoms with E-state index in [1.54, 1.807) is 48.5 Å². The van der Waals surface area contributed by atoms with E-state index in [9.17, 15) is 9.59 Å². The summed E-state index contributed by atoms with van der Waals surface area (Å²) in [5.41, 5.74) is 0.319. The Morgan fingerprint density at radius 3 is 1.31 bits per heavy atom. The summed E-state index contributed by atoms with van der Waals surface area (Å²) < 4.78 is 17.0. The second-order valence-corrected chi connectivity index (χ2v) is 8.87. The molecular formula is C26H18O7S2. The van der Waals surface area contributed by atoms with Crippen LogP contribution in [0.1, 0.15) is 20.7 Å². The van der Waals surface area contributed by atoms with Gasteiger partial charge >= 0.3 is 11.9 Å². The maximum absolute atomic E-state index is 11.1. The van der Waals surface area contributed by atoms with Gasteiger partial charge in [0, 0.05) is 33.9 Å². The lowest BCUT2D eigenvalue weighted by Crippen LogP contribution is -1.96. The van der Waals surface area contributed by atoms with Crippen molar-refractivity contribution in [3.05, 3.63) is 108 Å². The molecule has 4 aromatic carbocycles. The zero-order chi connectivity index (χ0) is 24.6. The number of rotatable bonds is 10. The molecule has 0 aromatic heterocycles. The van der Waals surface area contributed by atoms with Crippen LogP contribution in [0.25, 0.3) is 0 Å². The van der Waals surface area contributed by atoms with Crippen molar-refractivity contribution >= 4 is 36.0 Å². The Balaban J connectivity index is 1.26. The molecule has 0 atom stereocenters. The lowest BCUT2D eigenvalue weighted by molar-refractivity contribution is 0.0686. The largest absolute Gasteiger partial charge is 0.478 e. The van der Waals surface area contributed by atoms with Gasteiger partial charge in [0.1, 0.15) is 23.0 Å². The van der Waals surface area contributed by atoms with Gasteiger partial charge in [-0.05, 0) is 84.9 Å². The van der Waals surface area contributed by atoms with Gasteiger partial charge in [-0.25, -0.2) is 13.2 Å². The molecule has 176 valence electrons. The Labute approximate surface area is 209 Å². The number of hydrogen-bond donors (Lipinski definition) is 2. The number of hydrogen-bond acceptors (Lipinski definition) is 7. The van der Waals surface area contributed by atoms with Crippen LogP contribution in [0.15, 0.2) is 107 Å². The molecule has 0 bridgehead atoms. The number of carboxylic acids is 2. The highest BCUT2D eigenvalue weighted by Gasteiger charge is 2.07. The molecule has 0 aliphatic rings. The molecule has 4 rings (SSSR count). The van der Waals surface area contributed by atoms with Gasteiger partial charge in [-0.15, -0.1) is 0 Å². The number of ether oxygens (including phenoxy) is 2. The molecule has 9 heteroatoms. The van der Waals surface area contributed by atoms with Crippen molar-refractivity contribution in [1.29, 1.82) is 0 Å². The minimum atomic E-state index is -1.01. The summed E-state index contributed by atoms with van der Waals surface area (Å²) in [4.78, 5) is 23.9. The smallest absolute Gasteiger partial charge is 0.335 e. The summed E-state index contributed by atoms with van der Waals surface area (Å²) in [6.45, 7) is 0. The molecule has 0 saturated carbocycles. The zero-order valence-electron chi connectivity index (χ0n) is 18.0. The van der Waals surface area contributed by atoms with Crippen LogP contribution in [-0.2, 0) is 3.63 Å². The minimum absolute atomic E-state index is 0.159. The monoisotopic (exact) mass is 506 g/mol. The van der Waals surface area contributed by atoms with Crippen molar-refractivity contribution in [2.75, 3.05) is 0 Å². The topological polar surface area (TPSA) is 102 Å². The van der Waals surface area contributed by atoms with Gasteiger partial charge in [-0.2, -0.15) is 0 Å². The third-order valence-electron chi connectivity index (χ3n) is 4.54. The number of carboxylic acid groups (broad SMARTS) is 2. The van der Waals surface area contributed by atoms with Crippen LogP contribution in [0.5, 0.6) is 23.0 Å². The third kappa shape index (κ3) is 7.03.